The number of rotatable bonds is 12. The monoisotopic (exact) mass is 469 g/mol. The number of nitro benzene ring substituents is 2. The Morgan fingerprint density at radius 1 is 0.853 bits per heavy atom. The van der Waals surface area contributed by atoms with Gasteiger partial charge >= 0.3 is 0 Å². The molecule has 0 aliphatic carbocycles. The number of fused-ring (bicyclic) bond motifs is 1. The lowest BCUT2D eigenvalue weighted by molar-refractivity contribution is -0.393. The van der Waals surface area contributed by atoms with E-state index in [0.717, 1.165) is 23.8 Å². The summed E-state index contributed by atoms with van der Waals surface area (Å²) in [6.07, 6.45) is 2.97. The summed E-state index contributed by atoms with van der Waals surface area (Å²) in [5.74, 6) is -1.37. The zero-order valence-corrected chi connectivity index (χ0v) is 18.2. The summed E-state index contributed by atoms with van der Waals surface area (Å²) >= 11 is 0. The van der Waals surface area contributed by atoms with Gasteiger partial charge in [-0.25, -0.2) is 0 Å². The van der Waals surface area contributed by atoms with Crippen molar-refractivity contribution in [2.45, 2.75) is 25.7 Å². The molecule has 1 heterocycles. The van der Waals surface area contributed by atoms with Crippen LogP contribution in [0.5, 0.6) is 0 Å². The van der Waals surface area contributed by atoms with E-state index in [1.54, 1.807) is 24.3 Å². The molecule has 0 fully saturated rings. The molecule has 0 saturated carbocycles. The van der Waals surface area contributed by atoms with E-state index in [4.69, 9.17) is 0 Å². The second-order valence-electron chi connectivity index (χ2n) is 7.65. The summed E-state index contributed by atoms with van der Waals surface area (Å²) in [5.41, 5.74) is 0.120. The number of hydrogen-bond acceptors (Lipinski definition) is 8. The summed E-state index contributed by atoms with van der Waals surface area (Å²) in [6, 6.07) is 9.89. The molecule has 1 aliphatic heterocycles. The SMILES string of the molecule is O=C(CN1C(=O)c2ccccc2C1=O)NCCCCCCNc1ccc([N+](=O)[O-])cc1[N+](=O)[O-]. The Balaban J connectivity index is 1.32. The summed E-state index contributed by atoms with van der Waals surface area (Å²) in [7, 11) is 0. The number of hydrogen-bond donors (Lipinski definition) is 2. The first kappa shape index (κ1) is 24.3. The van der Waals surface area contributed by atoms with Crippen molar-refractivity contribution in [2.24, 2.45) is 0 Å². The van der Waals surface area contributed by atoms with Crippen LogP contribution in [0.1, 0.15) is 46.4 Å². The van der Waals surface area contributed by atoms with Gasteiger partial charge in [0.2, 0.25) is 5.91 Å². The van der Waals surface area contributed by atoms with E-state index in [-0.39, 0.29) is 23.6 Å². The fourth-order valence-electron chi connectivity index (χ4n) is 3.57. The fraction of sp³-hybridized carbons (Fsp3) is 0.318. The smallest absolute Gasteiger partial charge is 0.299 e. The Kier molecular flexibility index (Phi) is 7.85. The maximum atomic E-state index is 12.3. The molecular weight excluding hydrogens is 446 g/mol. The van der Waals surface area contributed by atoms with Crippen LogP contribution < -0.4 is 10.6 Å². The van der Waals surface area contributed by atoms with Crippen molar-refractivity contribution < 1.29 is 24.2 Å². The molecule has 0 radical (unpaired) electrons. The molecule has 0 atom stereocenters. The van der Waals surface area contributed by atoms with Crippen molar-refractivity contribution in [1.82, 2.24) is 10.2 Å². The summed E-state index contributed by atoms with van der Waals surface area (Å²) < 4.78 is 0. The highest BCUT2D eigenvalue weighted by atomic mass is 16.6. The molecule has 2 N–H and O–H groups in total. The molecule has 0 unspecified atom stereocenters. The van der Waals surface area contributed by atoms with E-state index >= 15 is 0 Å². The second kappa shape index (κ2) is 11.0. The number of nitrogens with zero attached hydrogens (tertiary/aromatic N) is 3. The van der Waals surface area contributed by atoms with Gasteiger partial charge in [0, 0.05) is 19.2 Å². The number of nitrogens with one attached hydrogen (secondary N) is 2. The highest BCUT2D eigenvalue weighted by molar-refractivity contribution is 6.22. The number of anilines is 1. The Morgan fingerprint density at radius 3 is 2.06 bits per heavy atom. The van der Waals surface area contributed by atoms with E-state index in [2.05, 4.69) is 10.6 Å². The first-order valence-corrected chi connectivity index (χ1v) is 10.7. The van der Waals surface area contributed by atoms with Crippen LogP contribution in [0, 0.1) is 20.2 Å². The van der Waals surface area contributed by atoms with Gasteiger partial charge in [0.15, 0.2) is 0 Å². The number of non-ortho nitro benzene ring substituents is 1. The van der Waals surface area contributed by atoms with E-state index < -0.39 is 27.6 Å². The molecule has 0 spiro atoms. The van der Waals surface area contributed by atoms with E-state index in [0.29, 0.717) is 37.1 Å². The van der Waals surface area contributed by atoms with Gasteiger partial charge in [-0.2, -0.15) is 0 Å². The number of unbranched alkanes of at least 4 members (excludes halogenated alkanes) is 3. The van der Waals surface area contributed by atoms with Crippen LogP contribution >= 0.6 is 0 Å². The normalized spacial score (nSPS) is 12.4. The summed E-state index contributed by atoms with van der Waals surface area (Å²) in [5, 5.41) is 27.5. The van der Waals surface area contributed by atoms with Crippen molar-refractivity contribution in [1.29, 1.82) is 0 Å². The van der Waals surface area contributed by atoms with Crippen molar-refractivity contribution in [2.75, 3.05) is 25.0 Å². The molecule has 2 aromatic rings. The van der Waals surface area contributed by atoms with Crippen molar-refractivity contribution in [3.63, 3.8) is 0 Å². The molecule has 1 aliphatic rings. The minimum atomic E-state index is -0.685. The van der Waals surface area contributed by atoms with Crippen molar-refractivity contribution in [3.05, 3.63) is 73.8 Å². The van der Waals surface area contributed by atoms with Gasteiger partial charge in [-0.1, -0.05) is 25.0 Å². The lowest BCUT2D eigenvalue weighted by Crippen LogP contribution is -2.40. The largest absolute Gasteiger partial charge is 0.379 e. The van der Waals surface area contributed by atoms with Gasteiger partial charge in [0.25, 0.3) is 23.2 Å². The molecule has 12 heteroatoms. The van der Waals surface area contributed by atoms with Crippen LogP contribution in [0.25, 0.3) is 0 Å². The zero-order chi connectivity index (χ0) is 24.7. The standard InChI is InChI=1S/C22H23N5O7/c28-20(14-25-21(29)16-7-3-4-8-17(16)22(25)30)24-12-6-2-1-5-11-23-18-10-9-15(26(31)32)13-19(18)27(33)34/h3-4,7-10,13,23H,1-2,5-6,11-12,14H2,(H,24,28). The van der Waals surface area contributed by atoms with Gasteiger partial charge in [0.1, 0.15) is 12.2 Å². The number of carbonyl (C=O) groups excluding carboxylic acids is 3. The lowest BCUT2D eigenvalue weighted by Gasteiger charge is -2.13. The second-order valence-corrected chi connectivity index (χ2v) is 7.65. The van der Waals surface area contributed by atoms with Crippen LogP contribution in [-0.4, -0.2) is 52.1 Å². The number of imide groups is 1. The molecule has 0 saturated heterocycles. The van der Waals surface area contributed by atoms with Gasteiger partial charge in [-0.3, -0.25) is 39.5 Å². The predicted octanol–water partition coefficient (Wildman–Crippen LogP) is 2.89. The Bertz CT molecular complexity index is 1100. The summed E-state index contributed by atoms with van der Waals surface area (Å²) in [6.45, 7) is 0.512. The van der Waals surface area contributed by atoms with Crippen LogP contribution in [0.4, 0.5) is 17.1 Å². The average molecular weight is 469 g/mol. The molecule has 34 heavy (non-hydrogen) atoms. The van der Waals surface area contributed by atoms with Gasteiger partial charge in [0.05, 0.1) is 27.0 Å². The summed E-state index contributed by atoms with van der Waals surface area (Å²) in [4.78, 5) is 58.2. The molecule has 3 rings (SSSR count). The Hall–Kier alpha value is -4.35. The van der Waals surface area contributed by atoms with E-state index in [9.17, 15) is 34.6 Å². The number of benzene rings is 2. The lowest BCUT2D eigenvalue weighted by atomic mass is 10.1. The fourth-order valence-corrected chi connectivity index (χ4v) is 3.57. The topological polar surface area (TPSA) is 165 Å². The maximum absolute atomic E-state index is 12.3. The molecule has 0 bridgehead atoms. The van der Waals surface area contributed by atoms with Crippen LogP contribution in [0.2, 0.25) is 0 Å². The van der Waals surface area contributed by atoms with Gasteiger partial charge in [-0.05, 0) is 31.0 Å². The van der Waals surface area contributed by atoms with Gasteiger partial charge in [-0.15, -0.1) is 0 Å². The number of amides is 3. The zero-order valence-electron chi connectivity index (χ0n) is 18.2. The number of nitro groups is 2. The van der Waals surface area contributed by atoms with E-state index in [1.165, 1.54) is 12.1 Å². The maximum Gasteiger partial charge on any atom is 0.299 e. The minimum absolute atomic E-state index is 0.219. The van der Waals surface area contributed by atoms with Crippen LogP contribution in [-0.2, 0) is 4.79 Å². The third-order valence-corrected chi connectivity index (χ3v) is 5.31. The molecule has 178 valence electrons. The molecule has 2 aromatic carbocycles. The van der Waals surface area contributed by atoms with Crippen molar-refractivity contribution in [3.8, 4) is 0 Å². The van der Waals surface area contributed by atoms with Gasteiger partial charge < -0.3 is 10.6 Å². The highest BCUT2D eigenvalue weighted by Gasteiger charge is 2.36. The van der Waals surface area contributed by atoms with Crippen LogP contribution in [0.3, 0.4) is 0 Å². The molecule has 12 nitrogen and oxygen atoms in total. The highest BCUT2D eigenvalue weighted by Crippen LogP contribution is 2.29. The molecule has 0 aromatic heterocycles. The Morgan fingerprint density at radius 2 is 1.47 bits per heavy atom. The van der Waals surface area contributed by atoms with Crippen LogP contribution in [0.15, 0.2) is 42.5 Å². The Labute approximate surface area is 194 Å². The first-order valence-electron chi connectivity index (χ1n) is 10.7. The minimum Gasteiger partial charge on any atom is -0.379 e. The average Bonchev–Trinajstić information content (AvgIpc) is 3.05. The molecule has 3 amide bonds. The van der Waals surface area contributed by atoms with Crippen molar-refractivity contribution >= 4 is 34.8 Å². The third kappa shape index (κ3) is 5.71. The quantitative estimate of drug-likeness (QED) is 0.207. The number of carbonyl (C=O) groups is 3. The first-order chi connectivity index (χ1) is 16.3. The van der Waals surface area contributed by atoms with E-state index in [1.807, 2.05) is 0 Å². The third-order valence-electron chi connectivity index (χ3n) is 5.31. The molecular formula is C22H23N5O7. The predicted molar refractivity (Wildman–Crippen MR) is 122 cm³/mol.